The fourth-order valence-electron chi connectivity index (χ4n) is 2.47. The van der Waals surface area contributed by atoms with Gasteiger partial charge in [-0.05, 0) is 24.3 Å². The van der Waals surface area contributed by atoms with Crippen molar-refractivity contribution in [3.8, 4) is 0 Å². The van der Waals surface area contributed by atoms with E-state index in [0.717, 1.165) is 22.9 Å². The van der Waals surface area contributed by atoms with Gasteiger partial charge < -0.3 is 9.32 Å². The van der Waals surface area contributed by atoms with E-state index in [1.54, 1.807) is 36.4 Å². The van der Waals surface area contributed by atoms with Crippen LogP contribution in [0.3, 0.4) is 0 Å². The molecule has 0 aliphatic carbocycles. The van der Waals surface area contributed by atoms with Crippen molar-refractivity contribution in [1.82, 2.24) is 4.57 Å². The number of hydrogen-bond donors (Lipinski definition) is 0. The van der Waals surface area contributed by atoms with E-state index in [-0.39, 0.29) is 18.8 Å². The molecule has 0 aliphatic rings. The molecular formula is C18H15N3O5. The van der Waals surface area contributed by atoms with E-state index in [1.807, 2.05) is 6.07 Å². The summed E-state index contributed by atoms with van der Waals surface area (Å²) < 4.78 is 6.33. The number of benzene rings is 1. The van der Waals surface area contributed by atoms with E-state index in [9.17, 15) is 19.7 Å². The molecule has 132 valence electrons. The first-order chi connectivity index (χ1) is 12.5. The van der Waals surface area contributed by atoms with Crippen LogP contribution in [-0.4, -0.2) is 15.4 Å². The number of para-hydroxylation sites is 1. The highest BCUT2D eigenvalue weighted by atomic mass is 16.6. The maximum absolute atomic E-state index is 12.8. The summed E-state index contributed by atoms with van der Waals surface area (Å²) in [7, 11) is 0. The molecule has 8 nitrogen and oxygen atoms in total. The highest BCUT2D eigenvalue weighted by Crippen LogP contribution is 2.18. The van der Waals surface area contributed by atoms with Gasteiger partial charge >= 0.3 is 0 Å². The number of amides is 1. The van der Waals surface area contributed by atoms with E-state index in [1.165, 1.54) is 11.2 Å². The van der Waals surface area contributed by atoms with Crippen LogP contribution in [0.1, 0.15) is 5.76 Å². The van der Waals surface area contributed by atoms with Gasteiger partial charge in [0.25, 0.3) is 11.2 Å². The van der Waals surface area contributed by atoms with Crippen LogP contribution in [0.4, 0.5) is 11.4 Å². The second kappa shape index (κ2) is 7.47. The zero-order chi connectivity index (χ0) is 18.5. The summed E-state index contributed by atoms with van der Waals surface area (Å²) in [5, 5.41) is 10.9. The number of hydrogen-bond acceptors (Lipinski definition) is 5. The van der Waals surface area contributed by atoms with Crippen molar-refractivity contribution in [2.24, 2.45) is 0 Å². The summed E-state index contributed by atoms with van der Waals surface area (Å²) in [5.74, 6) is 0.184. The lowest BCUT2D eigenvalue weighted by atomic mass is 10.2. The molecule has 0 aliphatic heterocycles. The Bertz CT molecular complexity index is 964. The molecule has 0 N–H and O–H groups in total. The van der Waals surface area contributed by atoms with Crippen LogP contribution in [0.15, 0.2) is 76.3 Å². The molecule has 0 radical (unpaired) electrons. The largest absolute Gasteiger partial charge is 0.467 e. The Morgan fingerprint density at radius 2 is 1.88 bits per heavy atom. The van der Waals surface area contributed by atoms with E-state index in [2.05, 4.69) is 0 Å². The first kappa shape index (κ1) is 17.2. The third-order valence-corrected chi connectivity index (χ3v) is 3.75. The van der Waals surface area contributed by atoms with Crippen LogP contribution >= 0.6 is 0 Å². The Kier molecular flexibility index (Phi) is 4.93. The van der Waals surface area contributed by atoms with Gasteiger partial charge in [0.2, 0.25) is 5.91 Å². The minimum atomic E-state index is -0.613. The smallest absolute Gasteiger partial charge is 0.285 e. The SMILES string of the molecule is O=C(Cn1cc([N+](=O)[O-])ccc1=O)N(Cc1ccco1)c1ccccc1. The van der Waals surface area contributed by atoms with E-state index in [0.29, 0.717) is 11.4 Å². The maximum Gasteiger partial charge on any atom is 0.285 e. The summed E-state index contributed by atoms with van der Waals surface area (Å²) in [6.07, 6.45) is 2.57. The van der Waals surface area contributed by atoms with Gasteiger partial charge in [0.15, 0.2) is 0 Å². The lowest BCUT2D eigenvalue weighted by Crippen LogP contribution is -2.36. The van der Waals surface area contributed by atoms with Crippen LogP contribution in [0, 0.1) is 10.1 Å². The molecule has 0 fully saturated rings. The van der Waals surface area contributed by atoms with Gasteiger partial charge in [-0.25, -0.2) is 0 Å². The normalized spacial score (nSPS) is 10.5. The number of nitro groups is 1. The summed E-state index contributed by atoms with van der Waals surface area (Å²) >= 11 is 0. The average Bonchev–Trinajstić information content (AvgIpc) is 3.15. The number of pyridine rings is 1. The summed E-state index contributed by atoms with van der Waals surface area (Å²) in [6, 6.07) is 14.6. The van der Waals surface area contributed by atoms with Crippen molar-refractivity contribution in [2.45, 2.75) is 13.1 Å². The molecule has 3 aromatic rings. The molecule has 0 bridgehead atoms. The number of furan rings is 1. The van der Waals surface area contributed by atoms with Gasteiger partial charge in [-0.3, -0.25) is 24.3 Å². The van der Waals surface area contributed by atoms with E-state index in [4.69, 9.17) is 4.42 Å². The Labute approximate surface area is 148 Å². The quantitative estimate of drug-likeness (QED) is 0.501. The molecule has 0 spiro atoms. The van der Waals surface area contributed by atoms with Crippen LogP contribution in [0.5, 0.6) is 0 Å². The Morgan fingerprint density at radius 3 is 2.54 bits per heavy atom. The monoisotopic (exact) mass is 353 g/mol. The highest BCUT2D eigenvalue weighted by molar-refractivity contribution is 5.93. The topological polar surface area (TPSA) is 98.6 Å². The fraction of sp³-hybridized carbons (Fsp3) is 0.111. The minimum Gasteiger partial charge on any atom is -0.467 e. The van der Waals surface area contributed by atoms with Crippen molar-refractivity contribution in [2.75, 3.05) is 4.90 Å². The molecule has 1 amide bonds. The van der Waals surface area contributed by atoms with Crippen LogP contribution < -0.4 is 10.5 Å². The van der Waals surface area contributed by atoms with Crippen LogP contribution in [0.2, 0.25) is 0 Å². The molecule has 2 aromatic heterocycles. The third-order valence-electron chi connectivity index (χ3n) is 3.75. The predicted octanol–water partition coefficient (Wildman–Crippen LogP) is 2.58. The number of carbonyl (C=O) groups is 1. The molecular weight excluding hydrogens is 338 g/mol. The molecule has 2 heterocycles. The lowest BCUT2D eigenvalue weighted by Gasteiger charge is -2.22. The number of nitrogens with zero attached hydrogens (tertiary/aromatic N) is 3. The Balaban J connectivity index is 1.90. The number of carbonyl (C=O) groups excluding carboxylic acids is 1. The van der Waals surface area contributed by atoms with E-state index >= 15 is 0 Å². The van der Waals surface area contributed by atoms with Gasteiger partial charge in [0.1, 0.15) is 12.3 Å². The van der Waals surface area contributed by atoms with E-state index < -0.39 is 16.4 Å². The zero-order valence-corrected chi connectivity index (χ0v) is 13.6. The Morgan fingerprint density at radius 1 is 1.12 bits per heavy atom. The molecule has 1 aromatic carbocycles. The summed E-state index contributed by atoms with van der Waals surface area (Å²) in [6.45, 7) is -0.143. The molecule has 0 saturated carbocycles. The predicted molar refractivity (Wildman–Crippen MR) is 93.7 cm³/mol. The van der Waals surface area contributed by atoms with Crippen molar-refractivity contribution in [1.29, 1.82) is 0 Å². The number of anilines is 1. The molecule has 0 unspecified atom stereocenters. The number of aromatic nitrogens is 1. The first-order valence-electron chi connectivity index (χ1n) is 7.77. The molecule has 8 heteroatoms. The third kappa shape index (κ3) is 3.86. The van der Waals surface area contributed by atoms with Gasteiger partial charge in [0.05, 0.1) is 23.9 Å². The molecule has 3 rings (SSSR count). The van der Waals surface area contributed by atoms with Crippen LogP contribution in [-0.2, 0) is 17.9 Å². The van der Waals surface area contributed by atoms with Gasteiger partial charge in [-0.1, -0.05) is 18.2 Å². The second-order valence-electron chi connectivity index (χ2n) is 5.51. The van der Waals surface area contributed by atoms with Crippen molar-refractivity contribution in [3.63, 3.8) is 0 Å². The summed E-state index contributed by atoms with van der Waals surface area (Å²) in [5.41, 5.74) is -0.114. The molecule has 0 saturated heterocycles. The number of rotatable bonds is 6. The van der Waals surface area contributed by atoms with Gasteiger partial charge in [-0.2, -0.15) is 0 Å². The highest BCUT2D eigenvalue weighted by Gasteiger charge is 2.19. The van der Waals surface area contributed by atoms with Gasteiger partial charge in [-0.15, -0.1) is 0 Å². The Hall–Kier alpha value is -3.68. The fourth-order valence-corrected chi connectivity index (χ4v) is 2.47. The molecule has 26 heavy (non-hydrogen) atoms. The average molecular weight is 353 g/mol. The zero-order valence-electron chi connectivity index (χ0n) is 13.6. The first-order valence-corrected chi connectivity index (χ1v) is 7.77. The van der Waals surface area contributed by atoms with Crippen molar-refractivity contribution in [3.05, 3.63) is 93.3 Å². The summed E-state index contributed by atoms with van der Waals surface area (Å²) in [4.78, 5) is 36.5. The van der Waals surface area contributed by atoms with Crippen molar-refractivity contribution >= 4 is 17.3 Å². The van der Waals surface area contributed by atoms with Crippen LogP contribution in [0.25, 0.3) is 0 Å². The standard InChI is InChI=1S/C18H15N3O5/c22-17-9-8-15(21(24)25)11-19(17)13-18(23)20(12-16-7-4-10-26-16)14-5-2-1-3-6-14/h1-11H,12-13H2. The van der Waals surface area contributed by atoms with Crippen molar-refractivity contribution < 1.29 is 14.1 Å². The lowest BCUT2D eigenvalue weighted by molar-refractivity contribution is -0.385. The minimum absolute atomic E-state index is 0.180. The molecule has 0 atom stereocenters. The maximum atomic E-state index is 12.8. The second-order valence-corrected chi connectivity index (χ2v) is 5.51. The van der Waals surface area contributed by atoms with Gasteiger partial charge in [0, 0.05) is 17.8 Å².